The van der Waals surface area contributed by atoms with Gasteiger partial charge < -0.3 is 5.11 Å². The zero-order chi connectivity index (χ0) is 11.5. The number of hydrogen-bond acceptors (Lipinski definition) is 1. The predicted molar refractivity (Wildman–Crippen MR) is 72.0 cm³/mol. The van der Waals surface area contributed by atoms with E-state index in [0.717, 1.165) is 5.56 Å². The smallest absolute Gasteiger partial charge is 0.154 e. The molecule has 1 atom stereocenters. The van der Waals surface area contributed by atoms with Crippen molar-refractivity contribution in [2.75, 3.05) is 0 Å². The molecule has 1 N–H and O–H groups in total. The zero-order valence-corrected chi connectivity index (χ0v) is 11.5. The van der Waals surface area contributed by atoms with Crippen molar-refractivity contribution in [3.05, 3.63) is 34.9 Å². The van der Waals surface area contributed by atoms with E-state index in [1.165, 1.54) is 0 Å². The maximum absolute atomic E-state index is 10.4. The van der Waals surface area contributed by atoms with Gasteiger partial charge >= 0.3 is 0 Å². The van der Waals surface area contributed by atoms with Gasteiger partial charge in [-0.15, -0.1) is 0 Å². The molecule has 0 saturated carbocycles. The Morgan fingerprint density at radius 1 is 1.33 bits per heavy atom. The van der Waals surface area contributed by atoms with Crippen LogP contribution in [0.25, 0.3) is 0 Å². The molecule has 1 nitrogen and oxygen atoms in total. The van der Waals surface area contributed by atoms with E-state index < -0.39 is 5.60 Å². The molecule has 0 aliphatic carbocycles. The first kappa shape index (κ1) is 12.8. The molecule has 1 rings (SSSR count). The van der Waals surface area contributed by atoms with Crippen LogP contribution in [0.5, 0.6) is 0 Å². The Hall–Kier alpha value is -0.240. The average Bonchev–Trinajstić information content (AvgIpc) is 2.18. The van der Waals surface area contributed by atoms with E-state index in [9.17, 15) is 5.11 Å². The van der Waals surface area contributed by atoms with E-state index in [-0.39, 0.29) is 5.92 Å². The molecule has 80 valence electrons. The van der Waals surface area contributed by atoms with Crippen molar-refractivity contribution < 1.29 is 5.11 Å². The number of rotatable bonds is 2. The van der Waals surface area contributed by atoms with Crippen molar-refractivity contribution in [1.29, 1.82) is 0 Å². The molecule has 15 heavy (non-hydrogen) atoms. The van der Waals surface area contributed by atoms with Gasteiger partial charge in [-0.2, -0.15) is 0 Å². The third-order valence-corrected chi connectivity index (χ3v) is 2.88. The lowest BCUT2D eigenvalue weighted by atomic mass is 9.84. The van der Waals surface area contributed by atoms with E-state index in [1.54, 1.807) is 12.1 Å². The summed E-state index contributed by atoms with van der Waals surface area (Å²) in [5.74, 6) is 2.87. The standard InChI is InChI=1S/C12H12ClIO/c1-9(2)12(15,7-8-14)10-3-5-11(13)6-4-10/h3-6,9,15H,1-2H3. The molecule has 0 amide bonds. The van der Waals surface area contributed by atoms with Crippen LogP contribution in [0.2, 0.25) is 5.02 Å². The van der Waals surface area contributed by atoms with Crippen LogP contribution in [0.1, 0.15) is 19.4 Å². The van der Waals surface area contributed by atoms with Gasteiger partial charge in [0.05, 0.1) is 0 Å². The van der Waals surface area contributed by atoms with Gasteiger partial charge in [-0.25, -0.2) is 0 Å². The van der Waals surface area contributed by atoms with Crippen LogP contribution in [-0.2, 0) is 5.60 Å². The Morgan fingerprint density at radius 2 is 1.87 bits per heavy atom. The van der Waals surface area contributed by atoms with Crippen molar-refractivity contribution in [1.82, 2.24) is 0 Å². The molecule has 0 aliphatic rings. The second-order valence-electron chi connectivity index (χ2n) is 3.65. The molecule has 3 heteroatoms. The van der Waals surface area contributed by atoms with Crippen LogP contribution in [0, 0.1) is 15.8 Å². The van der Waals surface area contributed by atoms with Crippen molar-refractivity contribution in [2.45, 2.75) is 19.4 Å². The minimum absolute atomic E-state index is 0.0286. The second-order valence-corrected chi connectivity index (χ2v) is 4.62. The lowest BCUT2D eigenvalue weighted by molar-refractivity contribution is 0.0505. The molecule has 0 aliphatic heterocycles. The summed E-state index contributed by atoms with van der Waals surface area (Å²) in [7, 11) is 0. The van der Waals surface area contributed by atoms with E-state index >= 15 is 0 Å². The molecule has 1 aromatic carbocycles. The van der Waals surface area contributed by atoms with Crippen molar-refractivity contribution in [2.24, 2.45) is 5.92 Å². The number of aliphatic hydroxyl groups is 1. The van der Waals surface area contributed by atoms with E-state index in [0.29, 0.717) is 5.02 Å². The van der Waals surface area contributed by atoms with Gasteiger partial charge in [0, 0.05) is 27.6 Å². The maximum atomic E-state index is 10.4. The van der Waals surface area contributed by atoms with E-state index in [1.807, 2.05) is 48.6 Å². The molecule has 1 aromatic rings. The van der Waals surface area contributed by atoms with Crippen LogP contribution in [0.3, 0.4) is 0 Å². The Balaban J connectivity index is 3.19. The molecule has 0 heterocycles. The third kappa shape index (κ3) is 2.87. The number of hydrogen-bond donors (Lipinski definition) is 1. The fourth-order valence-corrected chi connectivity index (χ4v) is 1.86. The molecule has 0 aromatic heterocycles. The normalized spacial score (nSPS) is 14.3. The third-order valence-electron chi connectivity index (χ3n) is 2.36. The highest BCUT2D eigenvalue weighted by molar-refractivity contribution is 14.1. The highest BCUT2D eigenvalue weighted by atomic mass is 127. The van der Waals surface area contributed by atoms with Gasteiger partial charge in [0.15, 0.2) is 5.60 Å². The van der Waals surface area contributed by atoms with Crippen molar-refractivity contribution in [3.63, 3.8) is 0 Å². The van der Waals surface area contributed by atoms with Crippen molar-refractivity contribution in [3.8, 4) is 9.85 Å². The minimum Gasteiger partial charge on any atom is -0.373 e. The average molecular weight is 335 g/mol. The SMILES string of the molecule is CC(C)C(O)(C#CI)c1ccc(Cl)cc1. The van der Waals surface area contributed by atoms with Crippen molar-refractivity contribution >= 4 is 34.2 Å². The Kier molecular flexibility index (Phi) is 4.45. The lowest BCUT2D eigenvalue weighted by Crippen LogP contribution is -2.30. The Bertz CT molecular complexity index is 388. The van der Waals surface area contributed by atoms with Gasteiger partial charge in [-0.05, 0) is 27.5 Å². The first-order valence-corrected chi connectivity index (χ1v) is 6.07. The molecular weight excluding hydrogens is 322 g/mol. The lowest BCUT2D eigenvalue weighted by Gasteiger charge is -2.26. The fraction of sp³-hybridized carbons (Fsp3) is 0.333. The predicted octanol–water partition coefficient (Wildman–Crippen LogP) is 3.58. The van der Waals surface area contributed by atoms with Gasteiger partial charge in [0.1, 0.15) is 0 Å². The van der Waals surface area contributed by atoms with E-state index in [2.05, 4.69) is 9.85 Å². The van der Waals surface area contributed by atoms with Crippen LogP contribution in [0.15, 0.2) is 24.3 Å². The molecule has 0 saturated heterocycles. The summed E-state index contributed by atoms with van der Waals surface area (Å²) in [5.41, 5.74) is -0.308. The Labute approximate surface area is 109 Å². The molecule has 0 fully saturated rings. The summed E-state index contributed by atoms with van der Waals surface area (Å²) in [6, 6.07) is 7.14. The van der Waals surface area contributed by atoms with Gasteiger partial charge in [0.2, 0.25) is 0 Å². The topological polar surface area (TPSA) is 20.2 Å². The summed E-state index contributed by atoms with van der Waals surface area (Å²) in [5, 5.41) is 11.1. The first-order valence-electron chi connectivity index (χ1n) is 4.62. The van der Waals surface area contributed by atoms with Gasteiger partial charge in [0.25, 0.3) is 0 Å². The molecule has 0 bridgehead atoms. The number of benzene rings is 1. The first-order chi connectivity index (χ1) is 7.00. The summed E-state index contributed by atoms with van der Waals surface area (Å²) in [6.45, 7) is 3.88. The van der Waals surface area contributed by atoms with Crippen LogP contribution >= 0.6 is 34.2 Å². The fourth-order valence-electron chi connectivity index (χ4n) is 1.33. The molecule has 0 spiro atoms. The van der Waals surface area contributed by atoms with Crippen LogP contribution in [-0.4, -0.2) is 5.11 Å². The summed E-state index contributed by atoms with van der Waals surface area (Å²) >= 11 is 7.73. The van der Waals surface area contributed by atoms with Gasteiger partial charge in [-0.1, -0.05) is 43.5 Å². The van der Waals surface area contributed by atoms with E-state index in [4.69, 9.17) is 11.6 Å². The summed E-state index contributed by atoms with van der Waals surface area (Å²) in [6.07, 6.45) is 0. The molecule has 1 unspecified atom stereocenters. The van der Waals surface area contributed by atoms with Crippen LogP contribution < -0.4 is 0 Å². The van der Waals surface area contributed by atoms with Gasteiger partial charge in [-0.3, -0.25) is 0 Å². The molecular formula is C12H12ClIO. The maximum Gasteiger partial charge on any atom is 0.154 e. The molecule has 0 radical (unpaired) electrons. The highest BCUT2D eigenvalue weighted by Gasteiger charge is 2.30. The summed E-state index contributed by atoms with van der Waals surface area (Å²) < 4.78 is 2.74. The minimum atomic E-state index is -1.09. The monoisotopic (exact) mass is 334 g/mol. The zero-order valence-electron chi connectivity index (χ0n) is 8.59. The Morgan fingerprint density at radius 3 is 2.27 bits per heavy atom. The highest BCUT2D eigenvalue weighted by Crippen LogP contribution is 2.29. The number of halogens is 2. The summed E-state index contributed by atoms with van der Waals surface area (Å²) in [4.78, 5) is 0. The second kappa shape index (κ2) is 5.20. The van der Waals surface area contributed by atoms with Crippen LogP contribution in [0.4, 0.5) is 0 Å². The largest absolute Gasteiger partial charge is 0.373 e. The quantitative estimate of drug-likeness (QED) is 0.647.